The van der Waals surface area contributed by atoms with E-state index in [4.69, 9.17) is 11.6 Å². The van der Waals surface area contributed by atoms with Gasteiger partial charge >= 0.3 is 4.87 Å². The van der Waals surface area contributed by atoms with E-state index in [1.54, 1.807) is 28.1 Å². The van der Waals surface area contributed by atoms with Crippen molar-refractivity contribution < 1.29 is 9.59 Å². The minimum Gasteiger partial charge on any atom is -0.326 e. The smallest absolute Gasteiger partial charge is 0.307 e. The van der Waals surface area contributed by atoms with Gasteiger partial charge in [0.1, 0.15) is 0 Å². The van der Waals surface area contributed by atoms with Crippen molar-refractivity contribution in [3.63, 3.8) is 0 Å². The molecule has 0 unspecified atom stereocenters. The lowest BCUT2D eigenvalue weighted by Gasteiger charge is -2.10. The number of benzene rings is 1. The lowest BCUT2D eigenvalue weighted by atomic mass is 10.2. The Kier molecular flexibility index (Phi) is 5.57. The van der Waals surface area contributed by atoms with Crippen molar-refractivity contribution >= 4 is 46.1 Å². The van der Waals surface area contributed by atoms with E-state index >= 15 is 0 Å². The van der Waals surface area contributed by atoms with Crippen molar-refractivity contribution in [2.75, 3.05) is 10.6 Å². The summed E-state index contributed by atoms with van der Waals surface area (Å²) >= 11 is 7.16. The molecule has 0 bridgehead atoms. The fourth-order valence-corrected chi connectivity index (χ4v) is 2.93. The molecule has 0 spiro atoms. The van der Waals surface area contributed by atoms with Gasteiger partial charge in [0.25, 0.3) is 0 Å². The first-order valence-corrected chi connectivity index (χ1v) is 8.14. The number of amides is 2. The van der Waals surface area contributed by atoms with Crippen molar-refractivity contribution in [2.24, 2.45) is 0 Å². The van der Waals surface area contributed by atoms with E-state index in [0.717, 1.165) is 17.0 Å². The molecule has 0 saturated carbocycles. The first-order chi connectivity index (χ1) is 10.9. The van der Waals surface area contributed by atoms with Crippen LogP contribution >= 0.6 is 22.9 Å². The number of halogens is 1. The van der Waals surface area contributed by atoms with Gasteiger partial charge in [-0.05, 0) is 25.1 Å². The molecule has 1 aromatic carbocycles. The quantitative estimate of drug-likeness (QED) is 0.867. The fourth-order valence-electron chi connectivity index (χ4n) is 2.00. The van der Waals surface area contributed by atoms with E-state index in [1.807, 2.05) is 6.92 Å². The molecule has 0 atom stereocenters. The summed E-state index contributed by atoms with van der Waals surface area (Å²) < 4.78 is 1.56. The number of nitrogens with zero attached hydrogens (tertiary/aromatic N) is 1. The van der Waals surface area contributed by atoms with Gasteiger partial charge in [0.2, 0.25) is 11.8 Å². The normalized spacial score (nSPS) is 10.4. The number of hydrogen-bond acceptors (Lipinski definition) is 4. The van der Waals surface area contributed by atoms with E-state index in [9.17, 15) is 14.4 Å². The van der Waals surface area contributed by atoms with E-state index in [2.05, 4.69) is 10.6 Å². The number of thiazole rings is 1. The summed E-state index contributed by atoms with van der Waals surface area (Å²) in [5, 5.41) is 7.44. The molecule has 0 aliphatic carbocycles. The van der Waals surface area contributed by atoms with Gasteiger partial charge in [-0.3, -0.25) is 14.4 Å². The second-order valence-electron chi connectivity index (χ2n) is 4.97. The van der Waals surface area contributed by atoms with Crippen LogP contribution in [0.1, 0.15) is 19.0 Å². The monoisotopic (exact) mass is 353 g/mol. The first kappa shape index (κ1) is 17.2. The Bertz CT molecular complexity index is 798. The lowest BCUT2D eigenvalue weighted by Crippen LogP contribution is -2.20. The van der Waals surface area contributed by atoms with Crippen molar-refractivity contribution in [1.82, 2.24) is 4.57 Å². The van der Waals surface area contributed by atoms with Crippen LogP contribution in [0.3, 0.4) is 0 Å². The molecule has 23 heavy (non-hydrogen) atoms. The van der Waals surface area contributed by atoms with Gasteiger partial charge in [0.05, 0.1) is 10.7 Å². The summed E-state index contributed by atoms with van der Waals surface area (Å²) in [6.07, 6.45) is 0.151. The average molecular weight is 354 g/mol. The first-order valence-electron chi connectivity index (χ1n) is 6.88. The summed E-state index contributed by atoms with van der Waals surface area (Å²) in [5.74, 6) is -0.471. The second-order valence-corrected chi connectivity index (χ2v) is 6.20. The third kappa shape index (κ3) is 4.67. The zero-order valence-corrected chi connectivity index (χ0v) is 14.3. The maximum Gasteiger partial charge on any atom is 0.307 e. The summed E-state index contributed by atoms with van der Waals surface area (Å²) in [7, 11) is 0. The highest BCUT2D eigenvalue weighted by Gasteiger charge is 2.10. The third-order valence-corrected chi connectivity index (χ3v) is 4.31. The van der Waals surface area contributed by atoms with Gasteiger partial charge in [-0.2, -0.15) is 0 Å². The predicted octanol–water partition coefficient (Wildman–Crippen LogP) is 2.86. The van der Waals surface area contributed by atoms with E-state index in [0.29, 0.717) is 22.9 Å². The molecule has 2 aromatic rings. The number of anilines is 2. The zero-order valence-electron chi connectivity index (χ0n) is 12.7. The molecule has 0 aliphatic heterocycles. The predicted molar refractivity (Wildman–Crippen MR) is 92.3 cm³/mol. The zero-order chi connectivity index (χ0) is 17.0. The Labute approximate surface area is 142 Å². The molecule has 8 heteroatoms. The molecule has 2 rings (SSSR count). The molecule has 0 fully saturated rings. The molecule has 122 valence electrons. The molecule has 1 aromatic heterocycles. The third-order valence-electron chi connectivity index (χ3n) is 3.10. The molecule has 0 aliphatic rings. The van der Waals surface area contributed by atoms with Crippen LogP contribution in [0, 0.1) is 6.92 Å². The van der Waals surface area contributed by atoms with Crippen molar-refractivity contribution in [1.29, 1.82) is 0 Å². The van der Waals surface area contributed by atoms with Crippen molar-refractivity contribution in [3.05, 3.63) is 44.0 Å². The van der Waals surface area contributed by atoms with Gasteiger partial charge < -0.3 is 15.2 Å². The van der Waals surface area contributed by atoms with Gasteiger partial charge in [0.15, 0.2) is 0 Å². The van der Waals surface area contributed by atoms with Gasteiger partial charge in [0, 0.05) is 36.7 Å². The van der Waals surface area contributed by atoms with Crippen LogP contribution in [0.5, 0.6) is 0 Å². The number of aromatic nitrogens is 1. The van der Waals surface area contributed by atoms with Crippen molar-refractivity contribution in [2.45, 2.75) is 26.8 Å². The summed E-state index contributed by atoms with van der Waals surface area (Å²) in [6, 6.07) is 4.83. The van der Waals surface area contributed by atoms with Crippen molar-refractivity contribution in [3.8, 4) is 0 Å². The standard InChI is InChI=1S/C15H16ClN3O3S/c1-9-8-23-15(22)19(9)6-5-14(21)18-13-7-11(17-10(2)20)3-4-12(13)16/h3-4,7-8H,5-6H2,1-2H3,(H,17,20)(H,18,21). The summed E-state index contributed by atoms with van der Waals surface area (Å²) in [5.41, 5.74) is 1.79. The number of aryl methyl sites for hydroxylation is 1. The van der Waals surface area contributed by atoms with Crippen LogP contribution in [0.25, 0.3) is 0 Å². The minimum atomic E-state index is -0.260. The van der Waals surface area contributed by atoms with Crippen LogP contribution in [-0.4, -0.2) is 16.4 Å². The average Bonchev–Trinajstić information content (AvgIpc) is 2.79. The van der Waals surface area contributed by atoms with Crippen LogP contribution < -0.4 is 15.5 Å². The van der Waals surface area contributed by atoms with Crippen LogP contribution in [0.15, 0.2) is 28.4 Å². The van der Waals surface area contributed by atoms with E-state index in [-0.39, 0.29) is 23.1 Å². The summed E-state index contributed by atoms with van der Waals surface area (Å²) in [4.78, 5) is 34.6. The highest BCUT2D eigenvalue weighted by Crippen LogP contribution is 2.25. The van der Waals surface area contributed by atoms with Crippen LogP contribution in [0.2, 0.25) is 5.02 Å². The molecule has 2 N–H and O–H groups in total. The highest BCUT2D eigenvalue weighted by molar-refractivity contribution is 7.07. The Hall–Kier alpha value is -2.12. The van der Waals surface area contributed by atoms with Crippen LogP contribution in [-0.2, 0) is 16.1 Å². The minimum absolute atomic E-state index is 0.0824. The van der Waals surface area contributed by atoms with E-state index < -0.39 is 0 Å². The molecule has 0 radical (unpaired) electrons. The van der Waals surface area contributed by atoms with Gasteiger partial charge in [-0.15, -0.1) is 0 Å². The van der Waals surface area contributed by atoms with Crippen LogP contribution in [0.4, 0.5) is 11.4 Å². The number of carbonyl (C=O) groups excluding carboxylic acids is 2. The molecular formula is C15H16ClN3O3S. The Balaban J connectivity index is 2.02. The molecule has 1 heterocycles. The van der Waals surface area contributed by atoms with Gasteiger partial charge in [-0.1, -0.05) is 22.9 Å². The lowest BCUT2D eigenvalue weighted by molar-refractivity contribution is -0.116. The molecule has 0 saturated heterocycles. The Morgan fingerprint density at radius 1 is 1.30 bits per heavy atom. The SMILES string of the molecule is CC(=O)Nc1ccc(Cl)c(NC(=O)CCn2c(C)csc2=O)c1. The summed E-state index contributed by atoms with van der Waals surface area (Å²) in [6.45, 7) is 3.53. The van der Waals surface area contributed by atoms with E-state index in [1.165, 1.54) is 6.92 Å². The molecule has 2 amide bonds. The number of carbonyl (C=O) groups is 2. The molecular weight excluding hydrogens is 338 g/mol. The highest BCUT2D eigenvalue weighted by atomic mass is 35.5. The maximum absolute atomic E-state index is 12.0. The Morgan fingerprint density at radius 2 is 2.04 bits per heavy atom. The van der Waals surface area contributed by atoms with Gasteiger partial charge in [-0.25, -0.2) is 0 Å². The second kappa shape index (κ2) is 7.43. The maximum atomic E-state index is 12.0. The molecule has 6 nitrogen and oxygen atoms in total. The number of rotatable bonds is 5. The topological polar surface area (TPSA) is 80.2 Å². The number of nitrogens with one attached hydrogen (secondary N) is 2. The Morgan fingerprint density at radius 3 is 2.65 bits per heavy atom. The fraction of sp³-hybridized carbons (Fsp3) is 0.267. The number of hydrogen-bond donors (Lipinski definition) is 2. The largest absolute Gasteiger partial charge is 0.326 e.